The summed E-state index contributed by atoms with van der Waals surface area (Å²) in [5.41, 5.74) is -1.48. The number of benzene rings is 1. The van der Waals surface area contributed by atoms with Crippen molar-refractivity contribution in [1.29, 1.82) is 0 Å². The van der Waals surface area contributed by atoms with Gasteiger partial charge in [0, 0.05) is 19.0 Å². The highest BCUT2D eigenvalue weighted by atomic mass is 35.5. The van der Waals surface area contributed by atoms with Crippen molar-refractivity contribution in [3.8, 4) is 0 Å². The molecule has 0 saturated heterocycles. The van der Waals surface area contributed by atoms with Crippen LogP contribution in [0, 0.1) is 5.82 Å². The van der Waals surface area contributed by atoms with Crippen molar-refractivity contribution in [1.82, 2.24) is 14.7 Å². The van der Waals surface area contributed by atoms with E-state index in [1.165, 1.54) is 18.2 Å². The molecule has 11 heteroatoms. The minimum absolute atomic E-state index is 0.0589. The predicted molar refractivity (Wildman–Crippen MR) is 96.6 cm³/mol. The Morgan fingerprint density at radius 1 is 1.36 bits per heavy atom. The number of fused-ring (bicyclic) bond motifs is 1. The average molecular weight is 434 g/mol. The highest BCUT2D eigenvalue weighted by Gasteiger charge is 2.40. The lowest BCUT2D eigenvalue weighted by Gasteiger charge is -2.08. The van der Waals surface area contributed by atoms with Crippen LogP contribution in [0.1, 0.15) is 33.5 Å². The number of thiazole rings is 1. The van der Waals surface area contributed by atoms with Gasteiger partial charge in [-0.15, -0.1) is 0 Å². The number of rotatable bonds is 4. The zero-order chi connectivity index (χ0) is 20.6. The van der Waals surface area contributed by atoms with Crippen LogP contribution in [0.5, 0.6) is 0 Å². The summed E-state index contributed by atoms with van der Waals surface area (Å²) in [6.45, 7) is 1.63. The third-order valence-corrected chi connectivity index (χ3v) is 5.16. The molecule has 0 fully saturated rings. The number of hydrogen-bond donors (Lipinski definition) is 1. The molecule has 3 rings (SSSR count). The second-order valence-corrected chi connectivity index (χ2v) is 7.12. The molecule has 1 aromatic carbocycles. The molecule has 0 atom stereocenters. The Bertz CT molecular complexity index is 1120. The van der Waals surface area contributed by atoms with E-state index < -0.39 is 34.0 Å². The average Bonchev–Trinajstić information content (AvgIpc) is 3.00. The van der Waals surface area contributed by atoms with Gasteiger partial charge in [0.15, 0.2) is 4.96 Å². The van der Waals surface area contributed by atoms with Crippen LogP contribution < -0.4 is 10.9 Å². The molecule has 1 N–H and O–H groups in total. The van der Waals surface area contributed by atoms with Crippen molar-refractivity contribution >= 4 is 33.8 Å². The Hall–Kier alpha value is -2.46. The summed E-state index contributed by atoms with van der Waals surface area (Å²) in [4.78, 5) is 27.1. The van der Waals surface area contributed by atoms with Crippen LogP contribution in [0.15, 0.2) is 29.1 Å². The van der Waals surface area contributed by atoms with E-state index >= 15 is 0 Å². The summed E-state index contributed by atoms with van der Waals surface area (Å²) in [6.07, 6.45) is -4.99. The summed E-state index contributed by atoms with van der Waals surface area (Å²) in [7, 11) is 0. The lowest BCUT2D eigenvalue weighted by molar-refractivity contribution is -0.134. The number of nitrogens with one attached hydrogen (secondary N) is 1. The molecule has 0 radical (unpaired) electrons. The second kappa shape index (κ2) is 7.51. The first-order valence-electron chi connectivity index (χ1n) is 7.97. The minimum atomic E-state index is -4.84. The summed E-state index contributed by atoms with van der Waals surface area (Å²) >= 11 is 5.89. The molecule has 28 heavy (non-hydrogen) atoms. The Balaban J connectivity index is 2.17. The maximum atomic E-state index is 14.1. The van der Waals surface area contributed by atoms with E-state index in [9.17, 15) is 27.2 Å². The molecule has 0 saturated carbocycles. The van der Waals surface area contributed by atoms with Crippen LogP contribution in [-0.2, 0) is 12.6 Å². The number of halogens is 5. The van der Waals surface area contributed by atoms with Crippen LogP contribution in [0.3, 0.4) is 0 Å². The van der Waals surface area contributed by atoms with E-state index in [1.54, 1.807) is 6.92 Å². The quantitative estimate of drug-likeness (QED) is 0.635. The second-order valence-electron chi connectivity index (χ2n) is 5.73. The number of nitrogens with zero attached hydrogens (tertiary/aromatic N) is 2. The van der Waals surface area contributed by atoms with Gasteiger partial charge in [0.05, 0.1) is 10.7 Å². The topological polar surface area (TPSA) is 63.5 Å². The summed E-state index contributed by atoms with van der Waals surface area (Å²) in [5, 5.41) is 2.14. The molecule has 5 nitrogen and oxygen atoms in total. The first-order valence-corrected chi connectivity index (χ1v) is 9.16. The Labute approximate surface area is 164 Å². The fraction of sp³-hybridized carbons (Fsp3) is 0.235. The molecular formula is C17H12ClF4N3O2S. The van der Waals surface area contributed by atoms with Gasteiger partial charge in [-0.25, -0.2) is 13.8 Å². The van der Waals surface area contributed by atoms with Gasteiger partial charge in [0.2, 0.25) is 0 Å². The molecule has 2 aromatic heterocycles. The molecule has 2 heterocycles. The zero-order valence-corrected chi connectivity index (χ0v) is 15.8. The van der Waals surface area contributed by atoms with Crippen LogP contribution in [0.25, 0.3) is 4.96 Å². The molecule has 0 aliphatic rings. The smallest absolute Gasteiger partial charge is 0.351 e. The molecule has 0 spiro atoms. The predicted octanol–water partition coefficient (Wildman–Crippen LogP) is 3.91. The lowest BCUT2D eigenvalue weighted by atomic mass is 10.1. The Kier molecular flexibility index (Phi) is 5.44. The van der Waals surface area contributed by atoms with Crippen molar-refractivity contribution < 1.29 is 22.4 Å². The fourth-order valence-corrected chi connectivity index (χ4v) is 3.84. The van der Waals surface area contributed by atoms with Crippen LogP contribution in [0.2, 0.25) is 5.02 Å². The molecule has 0 bridgehead atoms. The number of aromatic nitrogens is 2. The van der Waals surface area contributed by atoms with Gasteiger partial charge >= 0.3 is 6.18 Å². The lowest BCUT2D eigenvalue weighted by Crippen LogP contribution is -2.29. The van der Waals surface area contributed by atoms with Gasteiger partial charge in [-0.2, -0.15) is 13.2 Å². The largest absolute Gasteiger partial charge is 0.427 e. The van der Waals surface area contributed by atoms with E-state index in [4.69, 9.17) is 11.6 Å². The molecule has 148 valence electrons. The van der Waals surface area contributed by atoms with Crippen molar-refractivity contribution in [2.75, 3.05) is 6.54 Å². The molecular weight excluding hydrogens is 422 g/mol. The van der Waals surface area contributed by atoms with E-state index in [0.717, 1.165) is 6.07 Å². The third-order valence-electron chi connectivity index (χ3n) is 3.79. The Morgan fingerprint density at radius 2 is 2.07 bits per heavy atom. The number of carbonyl (C=O) groups is 1. The summed E-state index contributed by atoms with van der Waals surface area (Å²) in [6, 6.07) is 5.26. The minimum Gasteiger partial charge on any atom is -0.351 e. The van der Waals surface area contributed by atoms with E-state index in [2.05, 4.69) is 10.3 Å². The normalized spacial score (nSPS) is 11.8. The molecule has 0 aliphatic carbocycles. The maximum absolute atomic E-state index is 14.1. The van der Waals surface area contributed by atoms with E-state index in [0.29, 0.717) is 4.40 Å². The fourth-order valence-electron chi connectivity index (χ4n) is 2.63. The number of hydrogen-bond acceptors (Lipinski definition) is 4. The van der Waals surface area contributed by atoms with Crippen molar-refractivity contribution in [2.45, 2.75) is 19.5 Å². The van der Waals surface area contributed by atoms with Gasteiger partial charge in [-0.05, 0) is 18.6 Å². The first kappa shape index (κ1) is 20.3. The third kappa shape index (κ3) is 3.74. The van der Waals surface area contributed by atoms with Crippen molar-refractivity contribution in [3.63, 3.8) is 0 Å². The standard InChI is InChI=1S/C17H12ClF4N3O2S/c1-2-23-15(27)13-14(17(20,21)22)28-16-24-9(7-11(26)25(13)16)6-8-4-3-5-10(18)12(8)19/h3-5,7H,2,6H2,1H3,(H,23,27). The number of carbonyl (C=O) groups excluding carboxylic acids is 1. The zero-order valence-electron chi connectivity index (χ0n) is 14.2. The van der Waals surface area contributed by atoms with Gasteiger partial charge in [0.25, 0.3) is 11.5 Å². The monoisotopic (exact) mass is 433 g/mol. The highest BCUT2D eigenvalue weighted by molar-refractivity contribution is 7.17. The molecule has 0 unspecified atom stereocenters. The van der Waals surface area contributed by atoms with Crippen LogP contribution in [0.4, 0.5) is 17.6 Å². The van der Waals surface area contributed by atoms with E-state index in [-0.39, 0.29) is 45.5 Å². The summed E-state index contributed by atoms with van der Waals surface area (Å²) < 4.78 is 54.9. The van der Waals surface area contributed by atoms with Crippen molar-refractivity contribution in [2.24, 2.45) is 0 Å². The molecule has 3 aromatic rings. The number of alkyl halides is 3. The number of amides is 1. The van der Waals surface area contributed by atoms with Gasteiger partial charge in [-0.1, -0.05) is 35.1 Å². The van der Waals surface area contributed by atoms with Crippen molar-refractivity contribution in [3.05, 3.63) is 67.3 Å². The van der Waals surface area contributed by atoms with Gasteiger partial charge in [-0.3, -0.25) is 9.59 Å². The van der Waals surface area contributed by atoms with Gasteiger partial charge in [0.1, 0.15) is 16.4 Å². The SMILES string of the molecule is CCNC(=O)c1c(C(F)(F)F)sc2nc(Cc3cccc(Cl)c3F)cc(=O)n12. The molecule has 0 aliphatic heterocycles. The highest BCUT2D eigenvalue weighted by Crippen LogP contribution is 2.37. The Morgan fingerprint density at radius 3 is 2.71 bits per heavy atom. The van der Waals surface area contributed by atoms with Gasteiger partial charge < -0.3 is 5.32 Å². The van der Waals surface area contributed by atoms with E-state index in [1.807, 2.05) is 0 Å². The maximum Gasteiger partial charge on any atom is 0.427 e. The molecule has 1 amide bonds. The van der Waals surface area contributed by atoms with Crippen LogP contribution in [-0.4, -0.2) is 21.8 Å². The van der Waals surface area contributed by atoms with Crippen LogP contribution >= 0.6 is 22.9 Å². The summed E-state index contributed by atoms with van der Waals surface area (Å²) in [5.74, 6) is -1.73. The first-order chi connectivity index (χ1) is 13.1.